The third kappa shape index (κ3) is 4.01. The summed E-state index contributed by atoms with van der Waals surface area (Å²) < 4.78 is 3.18. The molecule has 0 aromatic carbocycles. The van der Waals surface area contributed by atoms with Crippen LogP contribution in [0.2, 0.25) is 0 Å². The maximum Gasteiger partial charge on any atom is 0.250 e. The Morgan fingerprint density at radius 3 is 1.46 bits per heavy atom. The van der Waals surface area contributed by atoms with Crippen molar-refractivity contribution in [1.29, 1.82) is 0 Å². The van der Waals surface area contributed by atoms with Gasteiger partial charge < -0.3 is 9.13 Å². The molecule has 3 heterocycles. The fraction of sp³-hybridized carbons (Fsp3) is 0.444. The van der Waals surface area contributed by atoms with Crippen LogP contribution in [0.15, 0.2) is 46.2 Å². The zero-order valence-corrected chi connectivity index (χ0v) is 14.3. The predicted molar refractivity (Wildman–Crippen MR) is 93.9 cm³/mol. The third-order valence-corrected chi connectivity index (χ3v) is 4.61. The minimum absolute atomic E-state index is 0.0387. The van der Waals surface area contributed by atoms with Crippen molar-refractivity contribution >= 4 is 0 Å². The smallest absolute Gasteiger partial charge is 0.250 e. The van der Waals surface area contributed by atoms with Crippen LogP contribution in [0.3, 0.4) is 0 Å². The van der Waals surface area contributed by atoms with Crippen molar-refractivity contribution < 1.29 is 0 Å². The van der Waals surface area contributed by atoms with E-state index < -0.39 is 0 Å². The maximum absolute atomic E-state index is 11.7. The standard InChI is InChI=1S/C18H24N4O2/c1-19-5-3-15(11-17(19)23)13-21-7-9-22(10-8-21)14-16-4-6-20(2)18(24)12-16/h3-6,11-12H,7-10,13-14H2,1-2H3. The lowest BCUT2D eigenvalue weighted by molar-refractivity contribution is 0.122. The Morgan fingerprint density at radius 1 is 0.750 bits per heavy atom. The van der Waals surface area contributed by atoms with E-state index in [1.54, 1.807) is 35.4 Å². The van der Waals surface area contributed by atoms with Crippen LogP contribution in [0.25, 0.3) is 0 Å². The lowest BCUT2D eigenvalue weighted by Gasteiger charge is -2.34. The highest BCUT2D eigenvalue weighted by molar-refractivity contribution is 5.12. The van der Waals surface area contributed by atoms with E-state index in [-0.39, 0.29) is 11.1 Å². The minimum Gasteiger partial charge on any atom is -0.319 e. The summed E-state index contributed by atoms with van der Waals surface area (Å²) in [4.78, 5) is 28.1. The normalized spacial score (nSPS) is 16.4. The number of rotatable bonds is 4. The van der Waals surface area contributed by atoms with E-state index in [0.29, 0.717) is 0 Å². The summed E-state index contributed by atoms with van der Waals surface area (Å²) in [5.41, 5.74) is 2.21. The average Bonchev–Trinajstić information content (AvgIpc) is 2.56. The van der Waals surface area contributed by atoms with Gasteiger partial charge in [-0.25, -0.2) is 0 Å². The highest BCUT2D eigenvalue weighted by Crippen LogP contribution is 2.10. The van der Waals surface area contributed by atoms with Crippen LogP contribution in [0.4, 0.5) is 0 Å². The molecule has 0 N–H and O–H groups in total. The average molecular weight is 328 g/mol. The van der Waals surface area contributed by atoms with Crippen molar-refractivity contribution in [3.8, 4) is 0 Å². The number of nitrogens with zero attached hydrogens (tertiary/aromatic N) is 4. The Morgan fingerprint density at radius 2 is 1.12 bits per heavy atom. The Balaban J connectivity index is 1.53. The summed E-state index contributed by atoms with van der Waals surface area (Å²) in [5.74, 6) is 0. The molecule has 2 aromatic heterocycles. The molecule has 0 saturated carbocycles. The lowest BCUT2D eigenvalue weighted by Crippen LogP contribution is -2.45. The summed E-state index contributed by atoms with van der Waals surface area (Å²) >= 11 is 0. The van der Waals surface area contributed by atoms with Crippen molar-refractivity contribution in [2.45, 2.75) is 13.1 Å². The van der Waals surface area contributed by atoms with Gasteiger partial charge >= 0.3 is 0 Å². The zero-order chi connectivity index (χ0) is 17.1. The summed E-state index contributed by atoms with van der Waals surface area (Å²) in [6, 6.07) is 7.44. The molecule has 3 rings (SSSR count). The molecule has 128 valence electrons. The first-order valence-electron chi connectivity index (χ1n) is 8.27. The van der Waals surface area contributed by atoms with Gasteiger partial charge in [0.05, 0.1) is 0 Å². The monoisotopic (exact) mass is 328 g/mol. The first kappa shape index (κ1) is 16.7. The Hall–Kier alpha value is -2.18. The predicted octanol–water partition coefficient (Wildman–Crippen LogP) is 0.402. The molecule has 0 bridgehead atoms. The van der Waals surface area contributed by atoms with E-state index in [0.717, 1.165) is 50.4 Å². The van der Waals surface area contributed by atoms with Crippen LogP contribution < -0.4 is 11.1 Å². The molecule has 6 nitrogen and oxygen atoms in total. The number of aryl methyl sites for hydroxylation is 2. The first-order chi connectivity index (χ1) is 11.5. The molecular weight excluding hydrogens is 304 g/mol. The lowest BCUT2D eigenvalue weighted by atomic mass is 10.2. The molecule has 0 spiro atoms. The second kappa shape index (κ2) is 7.15. The first-order valence-corrected chi connectivity index (χ1v) is 8.27. The molecule has 2 aromatic rings. The quantitative estimate of drug-likeness (QED) is 0.815. The molecule has 1 fully saturated rings. The van der Waals surface area contributed by atoms with Gasteiger partial charge in [0.15, 0.2) is 0 Å². The number of pyridine rings is 2. The molecule has 0 aliphatic carbocycles. The topological polar surface area (TPSA) is 50.5 Å². The Bertz CT molecular complexity index is 747. The van der Waals surface area contributed by atoms with Crippen molar-refractivity contribution in [3.63, 3.8) is 0 Å². The fourth-order valence-corrected chi connectivity index (χ4v) is 3.00. The largest absolute Gasteiger partial charge is 0.319 e. The summed E-state index contributed by atoms with van der Waals surface area (Å²) in [6.07, 6.45) is 3.65. The Kier molecular flexibility index (Phi) is 4.97. The summed E-state index contributed by atoms with van der Waals surface area (Å²) in [5, 5.41) is 0. The van der Waals surface area contributed by atoms with Gasteiger partial charge in [0.1, 0.15) is 0 Å². The van der Waals surface area contributed by atoms with Crippen molar-refractivity contribution in [2.24, 2.45) is 14.1 Å². The van der Waals surface area contributed by atoms with E-state index in [2.05, 4.69) is 9.80 Å². The highest BCUT2D eigenvalue weighted by Gasteiger charge is 2.17. The van der Waals surface area contributed by atoms with Gasteiger partial charge in [-0.05, 0) is 23.3 Å². The second-order valence-electron chi connectivity index (χ2n) is 6.52. The van der Waals surface area contributed by atoms with Gasteiger partial charge in [-0.2, -0.15) is 0 Å². The summed E-state index contributed by atoms with van der Waals surface area (Å²) in [7, 11) is 3.53. The van der Waals surface area contributed by atoms with Crippen LogP contribution in [0, 0.1) is 0 Å². The molecule has 1 saturated heterocycles. The van der Waals surface area contributed by atoms with Gasteiger partial charge in [0.2, 0.25) is 0 Å². The number of piperazine rings is 1. The molecule has 24 heavy (non-hydrogen) atoms. The fourth-order valence-electron chi connectivity index (χ4n) is 3.00. The van der Waals surface area contributed by atoms with E-state index in [1.807, 2.05) is 24.5 Å². The van der Waals surface area contributed by atoms with Crippen LogP contribution in [0.5, 0.6) is 0 Å². The SMILES string of the molecule is Cn1ccc(CN2CCN(Cc3ccn(C)c(=O)c3)CC2)cc1=O. The highest BCUT2D eigenvalue weighted by atomic mass is 16.1. The van der Waals surface area contributed by atoms with Crippen LogP contribution in [-0.4, -0.2) is 45.1 Å². The molecule has 0 unspecified atom stereocenters. The van der Waals surface area contributed by atoms with Gasteiger partial charge in [0.25, 0.3) is 11.1 Å². The summed E-state index contributed by atoms with van der Waals surface area (Å²) in [6.45, 7) is 5.52. The van der Waals surface area contributed by atoms with Crippen molar-refractivity contribution in [3.05, 3.63) is 68.5 Å². The molecule has 1 aliphatic rings. The maximum atomic E-state index is 11.7. The number of hydrogen-bond donors (Lipinski definition) is 0. The van der Waals surface area contributed by atoms with Gasteiger partial charge in [-0.15, -0.1) is 0 Å². The third-order valence-electron chi connectivity index (χ3n) is 4.61. The second-order valence-corrected chi connectivity index (χ2v) is 6.52. The van der Waals surface area contributed by atoms with E-state index >= 15 is 0 Å². The van der Waals surface area contributed by atoms with Crippen molar-refractivity contribution in [1.82, 2.24) is 18.9 Å². The van der Waals surface area contributed by atoms with Crippen LogP contribution in [0.1, 0.15) is 11.1 Å². The van der Waals surface area contributed by atoms with Gasteiger partial charge in [-0.1, -0.05) is 0 Å². The molecule has 1 aliphatic heterocycles. The molecule has 0 atom stereocenters. The van der Waals surface area contributed by atoms with E-state index in [1.165, 1.54) is 0 Å². The molecule has 0 amide bonds. The molecular formula is C18H24N4O2. The minimum atomic E-state index is 0.0387. The van der Waals surface area contributed by atoms with E-state index in [4.69, 9.17) is 0 Å². The number of aromatic nitrogens is 2. The van der Waals surface area contributed by atoms with Gasteiger partial charge in [-0.3, -0.25) is 19.4 Å². The zero-order valence-electron chi connectivity index (χ0n) is 14.3. The Labute approximate surface area is 141 Å². The van der Waals surface area contributed by atoms with E-state index in [9.17, 15) is 9.59 Å². The van der Waals surface area contributed by atoms with Crippen LogP contribution in [-0.2, 0) is 27.2 Å². The molecule has 0 radical (unpaired) electrons. The number of hydrogen-bond acceptors (Lipinski definition) is 4. The van der Waals surface area contributed by atoms with Crippen molar-refractivity contribution in [2.75, 3.05) is 26.2 Å². The van der Waals surface area contributed by atoms with Gasteiger partial charge in [0, 0.05) is 77.9 Å². The molecule has 6 heteroatoms. The van der Waals surface area contributed by atoms with Crippen LogP contribution >= 0.6 is 0 Å².